The number of carboxylic acid groups (broad SMARTS) is 1. The van der Waals surface area contributed by atoms with Gasteiger partial charge >= 0.3 is 23.9 Å². The van der Waals surface area contributed by atoms with E-state index in [2.05, 4.69) is 49.3 Å². The van der Waals surface area contributed by atoms with Gasteiger partial charge in [-0.05, 0) is 32.3 Å². The Bertz CT molecular complexity index is 870. The monoisotopic (exact) mass is 546 g/mol. The van der Waals surface area contributed by atoms with E-state index in [0.29, 0.717) is 24.4 Å². The van der Waals surface area contributed by atoms with Gasteiger partial charge in [-0.2, -0.15) is 0 Å². The number of hydrogen-bond donors (Lipinski definition) is 1. The lowest BCUT2D eigenvalue weighted by molar-refractivity contribution is -0.139. The number of carboxylic acids is 1. The Balaban J connectivity index is -0.000000200. The first-order valence-corrected chi connectivity index (χ1v) is 12.3. The van der Waals surface area contributed by atoms with Gasteiger partial charge in [0, 0.05) is 23.3 Å². The average molecular weight is 547 g/mol. The van der Waals surface area contributed by atoms with E-state index in [0.717, 1.165) is 31.8 Å². The van der Waals surface area contributed by atoms with Crippen LogP contribution in [-0.4, -0.2) is 49.3 Å². The van der Waals surface area contributed by atoms with Gasteiger partial charge in [-0.15, -0.1) is 0 Å². The number of unbranched alkanes of at least 4 members (excludes halogenated alkanes) is 2. The highest BCUT2D eigenvalue weighted by Gasteiger charge is 2.00. The van der Waals surface area contributed by atoms with Crippen molar-refractivity contribution in [1.29, 1.82) is 0 Å². The Morgan fingerprint density at radius 3 is 1.49 bits per heavy atom. The zero-order valence-electron chi connectivity index (χ0n) is 24.2. The summed E-state index contributed by atoms with van der Waals surface area (Å²) < 4.78 is 13.8. The maximum absolute atomic E-state index is 10.7. The number of carbonyl (C=O) groups excluding carboxylic acids is 3. The summed E-state index contributed by atoms with van der Waals surface area (Å²) in [5.41, 5.74) is 2.08. The van der Waals surface area contributed by atoms with Gasteiger partial charge in [0.1, 0.15) is 0 Å². The molecule has 8 heteroatoms. The molecule has 0 spiro atoms. The number of benzene rings is 1. The van der Waals surface area contributed by atoms with E-state index in [1.807, 2.05) is 43.3 Å². The second kappa shape index (κ2) is 31.8. The molecule has 1 rings (SSSR count). The zero-order valence-corrected chi connectivity index (χ0v) is 24.2. The van der Waals surface area contributed by atoms with Crippen LogP contribution >= 0.6 is 0 Å². The molecule has 1 aromatic rings. The van der Waals surface area contributed by atoms with Gasteiger partial charge in [0.2, 0.25) is 0 Å². The van der Waals surface area contributed by atoms with E-state index >= 15 is 0 Å². The Hall–Kier alpha value is -4.20. The molecular weight excluding hydrogens is 500 g/mol. The second-order valence-corrected chi connectivity index (χ2v) is 7.42. The van der Waals surface area contributed by atoms with Crippen LogP contribution in [-0.2, 0) is 33.4 Å². The van der Waals surface area contributed by atoms with Crippen LogP contribution in [0.3, 0.4) is 0 Å². The van der Waals surface area contributed by atoms with Gasteiger partial charge in [0.25, 0.3) is 0 Å². The molecule has 0 aliphatic carbocycles. The van der Waals surface area contributed by atoms with Crippen molar-refractivity contribution in [3.05, 3.63) is 92.1 Å². The van der Waals surface area contributed by atoms with Crippen molar-refractivity contribution in [2.75, 3.05) is 20.3 Å². The van der Waals surface area contributed by atoms with E-state index in [1.54, 1.807) is 13.8 Å². The van der Waals surface area contributed by atoms with Crippen LogP contribution in [0.5, 0.6) is 0 Å². The fraction of sp³-hybridized carbons (Fsp3) is 0.355. The number of hydrogen-bond acceptors (Lipinski definition) is 7. The predicted molar refractivity (Wildman–Crippen MR) is 158 cm³/mol. The van der Waals surface area contributed by atoms with Crippen molar-refractivity contribution in [3.63, 3.8) is 0 Å². The Kier molecular flexibility index (Phi) is 34.2. The molecule has 1 N–H and O–H groups in total. The normalized spacial score (nSPS) is 8.23. The lowest BCUT2D eigenvalue weighted by atomic mass is 10.2. The molecule has 0 radical (unpaired) electrons. The topological polar surface area (TPSA) is 116 Å². The Morgan fingerprint density at radius 2 is 1.23 bits per heavy atom. The van der Waals surface area contributed by atoms with Crippen LogP contribution in [0.1, 0.15) is 58.9 Å². The van der Waals surface area contributed by atoms with E-state index in [9.17, 15) is 19.2 Å². The standard InChI is InChI=1S/C8H14O2.C8H8.C7H12O2.C5H8O2.C3H4O2/c1-4-5-6-10-8(9)7(2)3;1-2-8-6-4-3-5-7-8;1-3-5-6-9-7(8)4-2;1-4(2)5(6)7-3;1-2-3(4)5/h2,4-6H2,1,3H3;2-7H,1H2;4H,2-3,5-6H2,1H3;1H2,2-3H3;2H,1H2,(H,4,5). The third-order valence-electron chi connectivity index (χ3n) is 3.73. The average Bonchev–Trinajstić information content (AvgIpc) is 2.94. The predicted octanol–water partition coefficient (Wildman–Crippen LogP) is 6.74. The summed E-state index contributed by atoms with van der Waals surface area (Å²) in [6.45, 7) is 25.0. The molecule has 39 heavy (non-hydrogen) atoms. The van der Waals surface area contributed by atoms with E-state index in [4.69, 9.17) is 9.84 Å². The molecule has 0 aromatic heterocycles. The largest absolute Gasteiger partial charge is 0.478 e. The number of rotatable bonds is 11. The van der Waals surface area contributed by atoms with Gasteiger partial charge in [-0.25, -0.2) is 19.2 Å². The van der Waals surface area contributed by atoms with Gasteiger partial charge in [0.05, 0.1) is 20.3 Å². The van der Waals surface area contributed by atoms with E-state index in [1.165, 1.54) is 18.7 Å². The van der Waals surface area contributed by atoms with Gasteiger partial charge in [-0.3, -0.25) is 0 Å². The minimum absolute atomic E-state index is 0.284. The number of aliphatic carboxylic acids is 1. The maximum atomic E-state index is 10.7. The molecule has 1 aromatic carbocycles. The maximum Gasteiger partial charge on any atom is 0.333 e. The highest BCUT2D eigenvalue weighted by molar-refractivity contribution is 5.87. The van der Waals surface area contributed by atoms with Crippen molar-refractivity contribution in [3.8, 4) is 0 Å². The van der Waals surface area contributed by atoms with Crippen molar-refractivity contribution in [2.24, 2.45) is 0 Å². The first kappa shape index (κ1) is 41.9. The van der Waals surface area contributed by atoms with Gasteiger partial charge in [0.15, 0.2) is 0 Å². The summed E-state index contributed by atoms with van der Waals surface area (Å²) in [7, 11) is 1.33. The highest BCUT2D eigenvalue weighted by Crippen LogP contribution is 1.97. The summed E-state index contributed by atoms with van der Waals surface area (Å²) in [5.74, 6) is -1.94. The molecule has 0 fully saturated rings. The van der Waals surface area contributed by atoms with E-state index in [-0.39, 0.29) is 17.9 Å². The van der Waals surface area contributed by atoms with Gasteiger partial charge < -0.3 is 19.3 Å². The Morgan fingerprint density at radius 1 is 0.795 bits per heavy atom. The van der Waals surface area contributed by atoms with Gasteiger partial charge in [-0.1, -0.05) is 96.0 Å². The lowest BCUT2D eigenvalue weighted by Crippen LogP contribution is -2.05. The SMILES string of the molecule is C=C(C)C(=O)OC.C=C(C)C(=O)OCCCC.C=CC(=O)O.C=CC(=O)OCCCC.C=Cc1ccccc1. The zero-order chi connectivity index (χ0) is 31.1. The van der Waals surface area contributed by atoms with Crippen molar-refractivity contribution >= 4 is 30.0 Å². The smallest absolute Gasteiger partial charge is 0.333 e. The molecule has 0 saturated heterocycles. The van der Waals surface area contributed by atoms with Crippen LogP contribution in [0.25, 0.3) is 6.08 Å². The molecule has 8 nitrogen and oxygen atoms in total. The molecule has 0 atom stereocenters. The minimum atomic E-state index is -0.981. The summed E-state index contributed by atoms with van der Waals surface area (Å²) >= 11 is 0. The molecule has 218 valence electrons. The quantitative estimate of drug-likeness (QED) is 0.140. The molecule has 0 aliphatic rings. The highest BCUT2D eigenvalue weighted by atomic mass is 16.5. The summed E-state index contributed by atoms with van der Waals surface area (Å²) in [5, 5.41) is 7.60. The van der Waals surface area contributed by atoms with Crippen LogP contribution in [0.15, 0.2) is 86.5 Å². The molecular formula is C31H46O8. The fourth-order valence-electron chi connectivity index (χ4n) is 1.57. The third-order valence-corrected chi connectivity index (χ3v) is 3.73. The van der Waals surface area contributed by atoms with Crippen LogP contribution in [0.4, 0.5) is 0 Å². The molecule has 0 saturated carbocycles. The van der Waals surface area contributed by atoms with Crippen LogP contribution < -0.4 is 0 Å². The molecule has 0 heterocycles. The van der Waals surface area contributed by atoms with Crippen LogP contribution in [0, 0.1) is 0 Å². The second-order valence-electron chi connectivity index (χ2n) is 7.42. The molecule has 0 unspecified atom stereocenters. The number of carbonyl (C=O) groups is 4. The van der Waals surface area contributed by atoms with Crippen molar-refractivity contribution in [1.82, 2.24) is 0 Å². The Labute approximate surface area is 234 Å². The molecule has 0 amide bonds. The first-order valence-electron chi connectivity index (χ1n) is 12.3. The molecule has 0 aliphatic heterocycles. The van der Waals surface area contributed by atoms with Crippen molar-refractivity contribution < 1.29 is 38.5 Å². The summed E-state index contributed by atoms with van der Waals surface area (Å²) in [4.78, 5) is 40.5. The molecule has 0 bridgehead atoms. The fourth-order valence-corrected chi connectivity index (χ4v) is 1.57. The van der Waals surface area contributed by atoms with E-state index < -0.39 is 5.97 Å². The minimum Gasteiger partial charge on any atom is -0.478 e. The number of methoxy groups -OCH3 is 1. The first-order chi connectivity index (χ1) is 18.4. The summed E-state index contributed by atoms with van der Waals surface area (Å²) in [6, 6.07) is 10.0. The summed E-state index contributed by atoms with van der Waals surface area (Å²) in [6.07, 6.45) is 7.79. The lowest BCUT2D eigenvalue weighted by Gasteiger charge is -2.01. The van der Waals surface area contributed by atoms with Crippen molar-refractivity contribution in [2.45, 2.75) is 53.4 Å². The number of ether oxygens (including phenoxy) is 3. The third kappa shape index (κ3) is 38.5. The van der Waals surface area contributed by atoms with Crippen LogP contribution in [0.2, 0.25) is 0 Å². The number of esters is 3.